The van der Waals surface area contributed by atoms with E-state index in [4.69, 9.17) is 0 Å². The molecular weight excluding hydrogens is 271 g/mol. The summed E-state index contributed by atoms with van der Waals surface area (Å²) in [5, 5.41) is 9.93. The first kappa shape index (κ1) is 14.5. The normalized spacial score (nSPS) is 26.8. The van der Waals surface area contributed by atoms with E-state index in [0.717, 1.165) is 25.1 Å². The average Bonchev–Trinajstić information content (AvgIpc) is 3.02. The summed E-state index contributed by atoms with van der Waals surface area (Å²) in [6.07, 6.45) is 1.83. The summed E-state index contributed by atoms with van der Waals surface area (Å²) in [5.74, 6) is -0.0272. The lowest BCUT2D eigenvalue weighted by atomic mass is 10.0. The molecule has 0 radical (unpaired) electrons. The maximum atomic E-state index is 13.4. The summed E-state index contributed by atoms with van der Waals surface area (Å²) >= 11 is 0. The molecule has 5 heteroatoms. The molecule has 1 aromatic carbocycles. The number of rotatable bonds is 4. The Labute approximate surface area is 124 Å². The lowest BCUT2D eigenvalue weighted by molar-refractivity contribution is -0.127. The number of carbonyl (C=O) groups is 1. The molecule has 3 rings (SSSR count). The number of hydrogen-bond donors (Lipinski definition) is 1. The number of nitrogens with zero attached hydrogens (tertiary/aromatic N) is 2. The van der Waals surface area contributed by atoms with E-state index < -0.39 is 0 Å². The molecule has 1 N–H and O–H groups in total. The van der Waals surface area contributed by atoms with E-state index in [9.17, 15) is 14.3 Å². The van der Waals surface area contributed by atoms with Gasteiger partial charge in [0.1, 0.15) is 5.82 Å². The van der Waals surface area contributed by atoms with Gasteiger partial charge >= 0.3 is 0 Å². The number of benzene rings is 1. The first-order chi connectivity index (χ1) is 10.1. The van der Waals surface area contributed by atoms with Crippen molar-refractivity contribution >= 4 is 5.91 Å². The maximum absolute atomic E-state index is 13.4. The Morgan fingerprint density at radius 3 is 2.90 bits per heavy atom. The molecular formula is C16H21FN2O2. The van der Waals surface area contributed by atoms with Gasteiger partial charge < -0.3 is 10.0 Å². The van der Waals surface area contributed by atoms with E-state index in [1.54, 1.807) is 6.07 Å². The predicted molar refractivity (Wildman–Crippen MR) is 77.2 cm³/mol. The SMILES string of the molecule is O=C1CCCN1CCN1C[C@H](O)C[C@@H]1c1cccc(F)c1. The highest BCUT2D eigenvalue weighted by atomic mass is 19.1. The Morgan fingerprint density at radius 1 is 1.33 bits per heavy atom. The number of hydrogen-bond acceptors (Lipinski definition) is 3. The van der Waals surface area contributed by atoms with Crippen molar-refractivity contribution in [2.24, 2.45) is 0 Å². The van der Waals surface area contributed by atoms with Gasteiger partial charge in [-0.3, -0.25) is 9.69 Å². The molecule has 4 nitrogen and oxygen atoms in total. The van der Waals surface area contributed by atoms with Crippen molar-refractivity contribution in [2.75, 3.05) is 26.2 Å². The largest absolute Gasteiger partial charge is 0.392 e. The molecule has 114 valence electrons. The molecule has 0 saturated carbocycles. The van der Waals surface area contributed by atoms with Crippen LogP contribution < -0.4 is 0 Å². The summed E-state index contributed by atoms with van der Waals surface area (Å²) in [6.45, 7) is 2.84. The van der Waals surface area contributed by atoms with Crippen LogP contribution in [0.4, 0.5) is 4.39 Å². The summed E-state index contributed by atoms with van der Waals surface area (Å²) in [6, 6.07) is 6.62. The van der Waals surface area contributed by atoms with Crippen molar-refractivity contribution in [3.63, 3.8) is 0 Å². The molecule has 0 aliphatic carbocycles. The maximum Gasteiger partial charge on any atom is 0.222 e. The van der Waals surface area contributed by atoms with Gasteiger partial charge in [0.25, 0.3) is 0 Å². The fourth-order valence-corrected chi connectivity index (χ4v) is 3.38. The third-order valence-corrected chi connectivity index (χ3v) is 4.44. The zero-order chi connectivity index (χ0) is 14.8. The third kappa shape index (κ3) is 3.24. The minimum Gasteiger partial charge on any atom is -0.392 e. The molecule has 2 heterocycles. The lowest BCUT2D eigenvalue weighted by Gasteiger charge is -2.27. The van der Waals surface area contributed by atoms with E-state index in [1.807, 2.05) is 11.0 Å². The summed E-state index contributed by atoms with van der Waals surface area (Å²) in [4.78, 5) is 15.7. The van der Waals surface area contributed by atoms with Gasteiger partial charge in [-0.2, -0.15) is 0 Å². The Hall–Kier alpha value is -1.46. The Kier molecular flexibility index (Phi) is 4.22. The van der Waals surface area contributed by atoms with Crippen LogP contribution in [0.2, 0.25) is 0 Å². The molecule has 21 heavy (non-hydrogen) atoms. The second-order valence-electron chi connectivity index (χ2n) is 5.94. The van der Waals surface area contributed by atoms with Crippen LogP contribution in [-0.2, 0) is 4.79 Å². The van der Waals surface area contributed by atoms with Crippen molar-refractivity contribution in [1.29, 1.82) is 0 Å². The summed E-state index contributed by atoms with van der Waals surface area (Å²) < 4.78 is 13.4. The van der Waals surface area contributed by atoms with Crippen molar-refractivity contribution < 1.29 is 14.3 Å². The minimum absolute atomic E-state index is 0.0356. The van der Waals surface area contributed by atoms with Crippen LogP contribution in [-0.4, -0.2) is 53.1 Å². The molecule has 2 fully saturated rings. The van der Waals surface area contributed by atoms with E-state index >= 15 is 0 Å². The highest BCUT2D eigenvalue weighted by Gasteiger charge is 2.32. The standard InChI is InChI=1S/C16H21FN2O2/c17-13-4-1-3-12(9-13)15-10-14(20)11-19(15)8-7-18-6-2-5-16(18)21/h1,3-4,9,14-15,20H,2,5-8,10-11H2/t14-,15-/m1/s1. The molecule has 2 atom stereocenters. The van der Waals surface area contributed by atoms with Crippen LogP contribution in [0.1, 0.15) is 30.9 Å². The second kappa shape index (κ2) is 6.12. The average molecular weight is 292 g/mol. The molecule has 2 saturated heterocycles. The molecule has 1 amide bonds. The molecule has 2 aliphatic heterocycles. The van der Waals surface area contributed by atoms with Crippen LogP contribution in [0.25, 0.3) is 0 Å². The number of carbonyl (C=O) groups excluding carboxylic acids is 1. The van der Waals surface area contributed by atoms with Gasteiger partial charge in [0.2, 0.25) is 5.91 Å². The molecule has 1 aromatic rings. The predicted octanol–water partition coefficient (Wildman–Crippen LogP) is 1.56. The van der Waals surface area contributed by atoms with Crippen LogP contribution >= 0.6 is 0 Å². The van der Waals surface area contributed by atoms with Gasteiger partial charge in [0.05, 0.1) is 6.10 Å². The monoisotopic (exact) mass is 292 g/mol. The van der Waals surface area contributed by atoms with Gasteiger partial charge in [-0.15, -0.1) is 0 Å². The molecule has 0 bridgehead atoms. The molecule has 0 aromatic heterocycles. The topological polar surface area (TPSA) is 43.8 Å². The fraction of sp³-hybridized carbons (Fsp3) is 0.562. The summed E-state index contributed by atoms with van der Waals surface area (Å²) in [7, 11) is 0. The van der Waals surface area contributed by atoms with Crippen LogP contribution in [0.5, 0.6) is 0 Å². The molecule has 2 aliphatic rings. The van der Waals surface area contributed by atoms with E-state index in [2.05, 4.69) is 4.90 Å². The smallest absolute Gasteiger partial charge is 0.222 e. The van der Waals surface area contributed by atoms with Gasteiger partial charge in [0.15, 0.2) is 0 Å². The highest BCUT2D eigenvalue weighted by molar-refractivity contribution is 5.78. The van der Waals surface area contributed by atoms with Crippen LogP contribution in [0.15, 0.2) is 24.3 Å². The number of aliphatic hydroxyl groups is 1. The fourth-order valence-electron chi connectivity index (χ4n) is 3.38. The van der Waals surface area contributed by atoms with E-state index in [1.165, 1.54) is 12.1 Å². The molecule has 0 spiro atoms. The Bertz CT molecular complexity index is 523. The second-order valence-corrected chi connectivity index (χ2v) is 5.94. The zero-order valence-electron chi connectivity index (χ0n) is 12.0. The Morgan fingerprint density at radius 2 is 2.19 bits per heavy atom. The highest BCUT2D eigenvalue weighted by Crippen LogP contribution is 2.32. The van der Waals surface area contributed by atoms with Crippen molar-refractivity contribution in [3.8, 4) is 0 Å². The van der Waals surface area contributed by atoms with Gasteiger partial charge in [-0.1, -0.05) is 12.1 Å². The van der Waals surface area contributed by atoms with E-state index in [0.29, 0.717) is 25.9 Å². The van der Waals surface area contributed by atoms with Crippen LogP contribution in [0, 0.1) is 5.82 Å². The van der Waals surface area contributed by atoms with Crippen molar-refractivity contribution in [3.05, 3.63) is 35.6 Å². The van der Waals surface area contributed by atoms with Crippen molar-refractivity contribution in [2.45, 2.75) is 31.4 Å². The quantitative estimate of drug-likeness (QED) is 0.916. The number of aliphatic hydroxyl groups excluding tert-OH is 1. The van der Waals surface area contributed by atoms with Crippen molar-refractivity contribution in [1.82, 2.24) is 9.80 Å². The van der Waals surface area contributed by atoms with E-state index in [-0.39, 0.29) is 23.9 Å². The minimum atomic E-state index is -0.382. The Balaban J connectivity index is 1.66. The van der Waals surface area contributed by atoms with Crippen LogP contribution in [0.3, 0.4) is 0 Å². The van der Waals surface area contributed by atoms with Gasteiger partial charge in [-0.05, 0) is 30.5 Å². The first-order valence-corrected chi connectivity index (χ1v) is 7.59. The number of amides is 1. The summed E-state index contributed by atoms with van der Waals surface area (Å²) in [5.41, 5.74) is 0.902. The first-order valence-electron chi connectivity index (χ1n) is 7.59. The third-order valence-electron chi connectivity index (χ3n) is 4.44. The number of β-amino-alcohol motifs (C(OH)–C–C–N with tert-alkyl or cyclic N) is 1. The number of likely N-dealkylation sites (tertiary alicyclic amines) is 2. The lowest BCUT2D eigenvalue weighted by Crippen LogP contribution is -2.36. The van der Waals surface area contributed by atoms with Gasteiger partial charge in [-0.25, -0.2) is 4.39 Å². The molecule has 0 unspecified atom stereocenters. The number of halogens is 1. The van der Waals surface area contributed by atoms with Gasteiger partial charge in [0, 0.05) is 38.6 Å². The zero-order valence-corrected chi connectivity index (χ0v) is 12.0.